The quantitative estimate of drug-likeness (QED) is 0.464. The summed E-state index contributed by atoms with van der Waals surface area (Å²) in [5.74, 6) is 0. The van der Waals surface area contributed by atoms with E-state index in [-0.39, 0.29) is 11.0 Å². The molecule has 4 rings (SSSR count). The molecule has 7 heteroatoms. The zero-order valence-corrected chi connectivity index (χ0v) is 18.6. The number of sulfonamides is 1. The predicted octanol–water partition coefficient (Wildman–Crippen LogP) is 5.12. The molecule has 31 heavy (non-hydrogen) atoms. The van der Waals surface area contributed by atoms with Crippen molar-refractivity contribution in [1.29, 1.82) is 0 Å². The first kappa shape index (κ1) is 20.9. The van der Waals surface area contributed by atoms with Gasteiger partial charge in [-0.3, -0.25) is 9.52 Å². The fourth-order valence-corrected chi connectivity index (χ4v) is 4.22. The molecule has 0 radical (unpaired) electrons. The van der Waals surface area contributed by atoms with Crippen molar-refractivity contribution >= 4 is 26.7 Å². The minimum Gasteiger partial charge on any atom is -0.463 e. The number of pyridine rings is 1. The molecule has 0 aliphatic heterocycles. The summed E-state index contributed by atoms with van der Waals surface area (Å²) in [4.78, 5) is 15.2. The number of aromatic amines is 1. The first-order valence-corrected chi connectivity index (χ1v) is 11.7. The molecule has 0 aliphatic rings. The van der Waals surface area contributed by atoms with Crippen LogP contribution < -0.4 is 10.3 Å². The molecule has 2 N–H and O–H groups in total. The molecule has 0 saturated heterocycles. The molecule has 6 nitrogen and oxygen atoms in total. The van der Waals surface area contributed by atoms with Crippen LogP contribution >= 0.6 is 0 Å². The Hall–Kier alpha value is -3.32. The SMILES string of the molecule is CC(C)(C)c1cc(-c2ccc[nH]c2=O)cc2c(-c3ccc(NS(C)(=O)=O)cc3)coc12. The second kappa shape index (κ2) is 7.42. The van der Waals surface area contributed by atoms with Crippen LogP contribution in [0.3, 0.4) is 0 Å². The minimum atomic E-state index is -3.34. The first-order valence-electron chi connectivity index (χ1n) is 9.85. The van der Waals surface area contributed by atoms with Crippen LogP contribution in [-0.4, -0.2) is 19.7 Å². The lowest BCUT2D eigenvalue weighted by Crippen LogP contribution is -2.13. The van der Waals surface area contributed by atoms with Gasteiger partial charge < -0.3 is 9.40 Å². The van der Waals surface area contributed by atoms with E-state index in [0.29, 0.717) is 11.3 Å². The third kappa shape index (κ3) is 4.27. The van der Waals surface area contributed by atoms with Crippen molar-refractivity contribution in [2.24, 2.45) is 0 Å². The van der Waals surface area contributed by atoms with Crippen LogP contribution in [0, 0.1) is 0 Å². The monoisotopic (exact) mass is 436 g/mol. The molecular formula is C24H24N2O4S. The van der Waals surface area contributed by atoms with E-state index < -0.39 is 10.0 Å². The molecule has 0 amide bonds. The van der Waals surface area contributed by atoms with Crippen molar-refractivity contribution in [3.05, 3.63) is 76.9 Å². The summed E-state index contributed by atoms with van der Waals surface area (Å²) in [6.45, 7) is 6.32. The van der Waals surface area contributed by atoms with Gasteiger partial charge in [-0.1, -0.05) is 32.9 Å². The molecule has 0 bridgehead atoms. The smallest absolute Gasteiger partial charge is 0.255 e. The summed E-state index contributed by atoms with van der Waals surface area (Å²) in [5, 5.41) is 0.898. The number of anilines is 1. The normalized spacial score (nSPS) is 12.3. The van der Waals surface area contributed by atoms with E-state index >= 15 is 0 Å². The second-order valence-corrected chi connectivity index (χ2v) is 10.4. The summed E-state index contributed by atoms with van der Waals surface area (Å²) >= 11 is 0. The van der Waals surface area contributed by atoms with E-state index in [9.17, 15) is 13.2 Å². The van der Waals surface area contributed by atoms with E-state index in [1.54, 1.807) is 30.7 Å². The highest BCUT2D eigenvalue weighted by molar-refractivity contribution is 7.92. The first-order chi connectivity index (χ1) is 14.5. The summed E-state index contributed by atoms with van der Waals surface area (Å²) in [5.41, 5.74) is 5.09. The van der Waals surface area contributed by atoms with E-state index in [1.165, 1.54) is 0 Å². The van der Waals surface area contributed by atoms with Gasteiger partial charge in [0.1, 0.15) is 5.58 Å². The Balaban J connectivity index is 1.91. The highest BCUT2D eigenvalue weighted by atomic mass is 32.2. The average Bonchev–Trinajstić information content (AvgIpc) is 3.10. The van der Waals surface area contributed by atoms with Crippen molar-refractivity contribution < 1.29 is 12.8 Å². The molecule has 2 aromatic carbocycles. The zero-order chi connectivity index (χ0) is 22.4. The van der Waals surface area contributed by atoms with Gasteiger partial charge in [-0.15, -0.1) is 0 Å². The van der Waals surface area contributed by atoms with Crippen LogP contribution in [0.5, 0.6) is 0 Å². The lowest BCUT2D eigenvalue weighted by Gasteiger charge is -2.20. The van der Waals surface area contributed by atoms with E-state index in [1.807, 2.05) is 30.3 Å². The molecule has 0 unspecified atom stereocenters. The molecule has 2 aromatic heterocycles. The average molecular weight is 437 g/mol. The van der Waals surface area contributed by atoms with Gasteiger partial charge in [0.25, 0.3) is 5.56 Å². The molecule has 0 spiro atoms. The molecular weight excluding hydrogens is 412 g/mol. The van der Waals surface area contributed by atoms with Crippen molar-refractivity contribution in [1.82, 2.24) is 4.98 Å². The van der Waals surface area contributed by atoms with Crippen molar-refractivity contribution in [2.75, 3.05) is 11.0 Å². The van der Waals surface area contributed by atoms with Crippen LogP contribution in [-0.2, 0) is 15.4 Å². The number of rotatable bonds is 4. The van der Waals surface area contributed by atoms with E-state index in [2.05, 4.69) is 30.5 Å². The number of hydrogen-bond acceptors (Lipinski definition) is 4. The third-order valence-corrected chi connectivity index (χ3v) is 5.72. The fraction of sp³-hybridized carbons (Fsp3) is 0.208. The van der Waals surface area contributed by atoms with Crippen molar-refractivity contribution in [3.63, 3.8) is 0 Å². The topological polar surface area (TPSA) is 92.2 Å². The molecule has 0 atom stereocenters. The standard InChI is InChI=1S/C24H24N2O4S/c1-24(2,3)21-13-16(18-6-5-11-25-23(18)27)12-19-20(14-30-22(19)21)15-7-9-17(10-8-15)26-31(4,28)29/h5-14,26H,1-4H3,(H,25,27). The number of benzene rings is 2. The maximum Gasteiger partial charge on any atom is 0.255 e. The Bertz CT molecular complexity index is 1420. The van der Waals surface area contributed by atoms with Gasteiger partial charge in [0.2, 0.25) is 10.0 Å². The minimum absolute atomic E-state index is 0.150. The maximum absolute atomic E-state index is 12.4. The van der Waals surface area contributed by atoms with Crippen molar-refractivity contribution in [3.8, 4) is 22.3 Å². The number of hydrogen-bond donors (Lipinski definition) is 2. The number of furan rings is 1. The molecule has 4 aromatic rings. The number of nitrogens with one attached hydrogen (secondary N) is 2. The van der Waals surface area contributed by atoms with Crippen LogP contribution in [0.25, 0.3) is 33.2 Å². The van der Waals surface area contributed by atoms with Gasteiger partial charge >= 0.3 is 0 Å². The van der Waals surface area contributed by atoms with Gasteiger partial charge in [-0.05, 0) is 52.9 Å². The Morgan fingerprint density at radius 2 is 1.68 bits per heavy atom. The Morgan fingerprint density at radius 3 is 2.29 bits per heavy atom. The van der Waals surface area contributed by atoms with E-state index in [0.717, 1.165) is 39.5 Å². The van der Waals surface area contributed by atoms with Gasteiger partial charge in [-0.2, -0.15) is 0 Å². The highest BCUT2D eigenvalue weighted by Gasteiger charge is 2.23. The predicted molar refractivity (Wildman–Crippen MR) is 125 cm³/mol. The lowest BCUT2D eigenvalue weighted by molar-refractivity contribution is 0.559. The van der Waals surface area contributed by atoms with Gasteiger partial charge in [0.15, 0.2) is 0 Å². The third-order valence-electron chi connectivity index (χ3n) is 5.11. The number of H-pyrrole nitrogens is 1. The summed E-state index contributed by atoms with van der Waals surface area (Å²) in [6, 6.07) is 14.7. The lowest BCUT2D eigenvalue weighted by atomic mass is 9.83. The fourth-order valence-electron chi connectivity index (χ4n) is 3.65. The Kier molecular flexibility index (Phi) is 5.01. The Morgan fingerprint density at radius 1 is 0.968 bits per heavy atom. The highest BCUT2D eigenvalue weighted by Crippen LogP contribution is 2.39. The maximum atomic E-state index is 12.4. The summed E-state index contributed by atoms with van der Waals surface area (Å²) in [7, 11) is -3.34. The molecule has 2 heterocycles. The number of fused-ring (bicyclic) bond motifs is 1. The van der Waals surface area contributed by atoms with Crippen LogP contribution in [0.1, 0.15) is 26.3 Å². The summed E-state index contributed by atoms with van der Waals surface area (Å²) in [6.07, 6.45) is 4.44. The number of aromatic nitrogens is 1. The van der Waals surface area contributed by atoms with Crippen LogP contribution in [0.4, 0.5) is 5.69 Å². The molecule has 160 valence electrons. The van der Waals surface area contributed by atoms with Crippen LogP contribution in [0.15, 0.2) is 70.2 Å². The summed E-state index contributed by atoms with van der Waals surface area (Å²) < 4.78 is 31.4. The molecule has 0 aliphatic carbocycles. The Labute approximate surface area is 181 Å². The second-order valence-electron chi connectivity index (χ2n) is 8.66. The largest absolute Gasteiger partial charge is 0.463 e. The van der Waals surface area contributed by atoms with Crippen molar-refractivity contribution in [2.45, 2.75) is 26.2 Å². The van der Waals surface area contributed by atoms with Gasteiger partial charge in [0.05, 0.1) is 12.5 Å². The molecule has 0 saturated carbocycles. The van der Waals surface area contributed by atoms with Gasteiger partial charge in [-0.25, -0.2) is 8.42 Å². The van der Waals surface area contributed by atoms with E-state index in [4.69, 9.17) is 4.42 Å². The zero-order valence-electron chi connectivity index (χ0n) is 17.8. The van der Waals surface area contributed by atoms with Gasteiger partial charge in [0, 0.05) is 34.0 Å². The van der Waals surface area contributed by atoms with Crippen LogP contribution in [0.2, 0.25) is 0 Å². The molecule has 0 fully saturated rings.